The van der Waals surface area contributed by atoms with Crippen molar-refractivity contribution >= 4 is 17.9 Å². The van der Waals surface area contributed by atoms with Gasteiger partial charge in [-0.1, -0.05) is 0 Å². The van der Waals surface area contributed by atoms with Gasteiger partial charge in [-0.15, -0.1) is 0 Å². The van der Waals surface area contributed by atoms with Gasteiger partial charge in [0.15, 0.2) is 0 Å². The minimum Gasteiger partial charge on any atom is -0.507 e. The van der Waals surface area contributed by atoms with Gasteiger partial charge in [-0.2, -0.15) is 0 Å². The Morgan fingerprint density at radius 2 is 1.62 bits per heavy atom. The van der Waals surface area contributed by atoms with E-state index in [0.29, 0.717) is 23.5 Å². The number of nitrogens with zero attached hydrogens (tertiary/aromatic N) is 1. The SMILES string of the molecule is CCOc1ccc(N=Cc2ccc(OC(=O)c3ccc(OC)cc3)cc2O)cc1. The molecule has 1 N–H and O–H groups in total. The van der Waals surface area contributed by atoms with Crippen molar-refractivity contribution in [1.29, 1.82) is 0 Å². The van der Waals surface area contributed by atoms with Crippen LogP contribution in [0.2, 0.25) is 0 Å². The number of benzene rings is 3. The van der Waals surface area contributed by atoms with Crippen LogP contribution < -0.4 is 14.2 Å². The topological polar surface area (TPSA) is 77.4 Å². The molecule has 148 valence electrons. The zero-order valence-electron chi connectivity index (χ0n) is 16.2. The quantitative estimate of drug-likeness (QED) is 0.357. The van der Waals surface area contributed by atoms with Crippen molar-refractivity contribution in [3.63, 3.8) is 0 Å². The molecule has 0 unspecified atom stereocenters. The monoisotopic (exact) mass is 391 g/mol. The van der Waals surface area contributed by atoms with Crippen molar-refractivity contribution in [3.05, 3.63) is 77.9 Å². The second kappa shape index (κ2) is 9.41. The first-order valence-corrected chi connectivity index (χ1v) is 9.05. The standard InChI is InChI=1S/C23H21NO5/c1-3-28-20-12-7-18(8-13-20)24-15-17-6-11-21(14-22(17)25)29-23(26)16-4-9-19(27-2)10-5-16/h4-15,25H,3H2,1-2H3. The van der Waals surface area contributed by atoms with Gasteiger partial charge < -0.3 is 19.3 Å². The minimum absolute atomic E-state index is 0.0419. The first-order valence-electron chi connectivity index (χ1n) is 9.05. The highest BCUT2D eigenvalue weighted by atomic mass is 16.5. The lowest BCUT2D eigenvalue weighted by Crippen LogP contribution is -2.08. The molecule has 3 aromatic carbocycles. The molecule has 6 heteroatoms. The number of carbonyl (C=O) groups excluding carboxylic acids is 1. The summed E-state index contributed by atoms with van der Waals surface area (Å²) in [6, 6.07) is 18.5. The maximum Gasteiger partial charge on any atom is 0.343 e. The van der Waals surface area contributed by atoms with E-state index in [-0.39, 0.29) is 11.5 Å². The van der Waals surface area contributed by atoms with Crippen LogP contribution in [-0.2, 0) is 0 Å². The summed E-state index contributed by atoms with van der Waals surface area (Å²) in [4.78, 5) is 16.5. The second-order valence-electron chi connectivity index (χ2n) is 6.02. The molecule has 6 nitrogen and oxygen atoms in total. The number of hydrogen-bond acceptors (Lipinski definition) is 6. The van der Waals surface area contributed by atoms with Crippen LogP contribution >= 0.6 is 0 Å². The Labute approximate surface area is 169 Å². The Bertz CT molecular complexity index is 995. The summed E-state index contributed by atoms with van der Waals surface area (Å²) < 4.78 is 15.8. The highest BCUT2D eigenvalue weighted by Crippen LogP contribution is 2.25. The number of rotatable bonds is 7. The van der Waals surface area contributed by atoms with Gasteiger partial charge in [0.2, 0.25) is 0 Å². The van der Waals surface area contributed by atoms with Gasteiger partial charge in [-0.05, 0) is 67.6 Å². The van der Waals surface area contributed by atoms with Crippen molar-refractivity contribution in [1.82, 2.24) is 0 Å². The van der Waals surface area contributed by atoms with E-state index in [1.165, 1.54) is 6.07 Å². The Morgan fingerprint density at radius 3 is 2.24 bits per heavy atom. The van der Waals surface area contributed by atoms with Crippen LogP contribution in [0.25, 0.3) is 0 Å². The molecule has 29 heavy (non-hydrogen) atoms. The van der Waals surface area contributed by atoms with Gasteiger partial charge in [-0.3, -0.25) is 4.99 Å². The van der Waals surface area contributed by atoms with Gasteiger partial charge in [0.05, 0.1) is 25.0 Å². The fourth-order valence-electron chi connectivity index (χ4n) is 2.53. The molecule has 0 fully saturated rings. The number of phenolic OH excluding ortho intramolecular Hbond substituents is 1. The lowest BCUT2D eigenvalue weighted by molar-refractivity contribution is 0.0734. The van der Waals surface area contributed by atoms with Crippen LogP contribution in [0.5, 0.6) is 23.0 Å². The van der Waals surface area contributed by atoms with Crippen molar-refractivity contribution < 1.29 is 24.1 Å². The molecule has 0 aliphatic carbocycles. The van der Waals surface area contributed by atoms with E-state index in [9.17, 15) is 9.90 Å². The molecular formula is C23H21NO5. The Balaban J connectivity index is 1.66. The van der Waals surface area contributed by atoms with Crippen LogP contribution in [-0.4, -0.2) is 31.0 Å². The predicted molar refractivity (Wildman–Crippen MR) is 111 cm³/mol. The summed E-state index contributed by atoms with van der Waals surface area (Å²) >= 11 is 0. The van der Waals surface area contributed by atoms with Crippen LogP contribution in [0.15, 0.2) is 71.7 Å². The van der Waals surface area contributed by atoms with Crippen molar-refractivity contribution in [2.45, 2.75) is 6.92 Å². The maximum atomic E-state index is 12.2. The van der Waals surface area contributed by atoms with Crippen LogP contribution in [0.3, 0.4) is 0 Å². The van der Waals surface area contributed by atoms with Gasteiger partial charge in [0.25, 0.3) is 0 Å². The molecule has 0 amide bonds. The number of carbonyl (C=O) groups is 1. The maximum absolute atomic E-state index is 12.2. The van der Waals surface area contributed by atoms with Crippen molar-refractivity contribution in [2.24, 2.45) is 4.99 Å². The first kappa shape index (κ1) is 19.9. The van der Waals surface area contributed by atoms with Gasteiger partial charge in [0, 0.05) is 17.8 Å². The summed E-state index contributed by atoms with van der Waals surface area (Å²) in [5.41, 5.74) is 1.61. The summed E-state index contributed by atoms with van der Waals surface area (Å²) in [6.45, 7) is 2.53. The van der Waals surface area contributed by atoms with E-state index >= 15 is 0 Å². The first-order chi connectivity index (χ1) is 14.1. The third kappa shape index (κ3) is 5.35. The average Bonchev–Trinajstić information content (AvgIpc) is 2.74. The molecular weight excluding hydrogens is 370 g/mol. The third-order valence-corrected chi connectivity index (χ3v) is 4.04. The fourth-order valence-corrected chi connectivity index (χ4v) is 2.53. The van der Waals surface area contributed by atoms with E-state index in [1.54, 1.807) is 49.7 Å². The number of methoxy groups -OCH3 is 1. The van der Waals surface area contributed by atoms with E-state index in [1.807, 2.05) is 31.2 Å². The van der Waals surface area contributed by atoms with E-state index in [4.69, 9.17) is 14.2 Å². The number of hydrogen-bond donors (Lipinski definition) is 1. The number of phenols is 1. The molecule has 0 spiro atoms. The third-order valence-electron chi connectivity index (χ3n) is 4.04. The molecule has 0 radical (unpaired) electrons. The van der Waals surface area contributed by atoms with Gasteiger partial charge >= 0.3 is 5.97 Å². The summed E-state index contributed by atoms with van der Waals surface area (Å²) in [5, 5.41) is 10.2. The summed E-state index contributed by atoms with van der Waals surface area (Å²) in [7, 11) is 1.55. The van der Waals surface area contributed by atoms with Gasteiger partial charge in [-0.25, -0.2) is 4.79 Å². The Morgan fingerprint density at radius 1 is 0.966 bits per heavy atom. The molecule has 0 heterocycles. The van der Waals surface area contributed by atoms with Gasteiger partial charge in [0.1, 0.15) is 23.0 Å². The van der Waals surface area contributed by atoms with E-state index < -0.39 is 5.97 Å². The highest BCUT2D eigenvalue weighted by molar-refractivity contribution is 5.91. The minimum atomic E-state index is -0.525. The van der Waals surface area contributed by atoms with Crippen LogP contribution in [0.1, 0.15) is 22.8 Å². The smallest absolute Gasteiger partial charge is 0.343 e. The number of aliphatic imine (C=N–C) groups is 1. The molecule has 0 bridgehead atoms. The van der Waals surface area contributed by atoms with Crippen molar-refractivity contribution in [3.8, 4) is 23.0 Å². The molecule has 0 aromatic heterocycles. The van der Waals surface area contributed by atoms with E-state index in [2.05, 4.69) is 4.99 Å². The summed E-state index contributed by atoms with van der Waals surface area (Å²) in [6.07, 6.45) is 1.54. The molecule has 0 aliphatic heterocycles. The number of ether oxygens (including phenoxy) is 3. The largest absolute Gasteiger partial charge is 0.507 e. The summed E-state index contributed by atoms with van der Waals surface area (Å²) in [5.74, 6) is 1.09. The van der Waals surface area contributed by atoms with Crippen molar-refractivity contribution in [2.75, 3.05) is 13.7 Å². The number of aromatic hydroxyl groups is 1. The molecule has 3 rings (SSSR count). The zero-order chi connectivity index (χ0) is 20.6. The fraction of sp³-hybridized carbons (Fsp3) is 0.130. The van der Waals surface area contributed by atoms with Crippen LogP contribution in [0, 0.1) is 0 Å². The number of esters is 1. The highest BCUT2D eigenvalue weighted by Gasteiger charge is 2.10. The second-order valence-corrected chi connectivity index (χ2v) is 6.02. The molecule has 0 saturated heterocycles. The zero-order valence-corrected chi connectivity index (χ0v) is 16.2. The lowest BCUT2D eigenvalue weighted by Gasteiger charge is -2.07. The Hall–Kier alpha value is -3.80. The Kier molecular flexibility index (Phi) is 6.47. The lowest BCUT2D eigenvalue weighted by atomic mass is 10.2. The predicted octanol–water partition coefficient (Wildman–Crippen LogP) is 4.77. The average molecular weight is 391 g/mol. The molecule has 0 saturated carbocycles. The molecule has 0 aliphatic rings. The molecule has 3 aromatic rings. The normalized spacial score (nSPS) is 10.7. The molecule has 0 atom stereocenters. The van der Waals surface area contributed by atoms with E-state index in [0.717, 1.165) is 11.4 Å². The van der Waals surface area contributed by atoms with Crippen LogP contribution in [0.4, 0.5) is 5.69 Å².